The first kappa shape index (κ1) is 31.5. The molecule has 9 heteroatoms. The van der Waals surface area contributed by atoms with Gasteiger partial charge in [-0.2, -0.15) is 0 Å². The zero-order valence-corrected chi connectivity index (χ0v) is 24.1. The van der Waals surface area contributed by atoms with Crippen molar-refractivity contribution in [2.24, 2.45) is 10.9 Å². The Labute approximate surface area is 255 Å². The van der Waals surface area contributed by atoms with Gasteiger partial charge in [-0.1, -0.05) is 84.9 Å². The molecule has 0 spiro atoms. The number of carbonyl (C=O) groups is 2. The quantitative estimate of drug-likeness (QED) is 0.229. The van der Waals surface area contributed by atoms with Gasteiger partial charge in [-0.05, 0) is 49.3 Å². The third-order valence-electron chi connectivity index (χ3n) is 8.03. The Kier molecular flexibility index (Phi) is 10.6. The summed E-state index contributed by atoms with van der Waals surface area (Å²) in [5.41, 5.74) is 3.00. The van der Waals surface area contributed by atoms with Gasteiger partial charge in [0.25, 0.3) is 0 Å². The Balaban J connectivity index is 0.00000405. The summed E-state index contributed by atoms with van der Waals surface area (Å²) in [5.74, 6) is -5.03. The fourth-order valence-corrected chi connectivity index (χ4v) is 5.84. The third-order valence-corrected chi connectivity index (χ3v) is 8.03. The van der Waals surface area contributed by atoms with Crippen molar-refractivity contribution < 1.29 is 40.0 Å². The van der Waals surface area contributed by atoms with E-state index in [2.05, 4.69) is 15.2 Å². The van der Waals surface area contributed by atoms with Crippen LogP contribution >= 0.6 is 0 Å². The average Bonchev–Trinajstić information content (AvgIpc) is 3.44. The summed E-state index contributed by atoms with van der Waals surface area (Å²) in [6.07, 6.45) is 0.931. The molecule has 0 bridgehead atoms. The molecule has 1 aliphatic carbocycles. The van der Waals surface area contributed by atoms with Crippen LogP contribution in [-0.2, 0) is 32.6 Å². The van der Waals surface area contributed by atoms with Crippen molar-refractivity contribution in [2.45, 2.75) is 63.1 Å². The summed E-state index contributed by atoms with van der Waals surface area (Å²) in [6.45, 7) is 1.45. The molecule has 0 radical (unpaired) electrons. The number of hydrogen-bond donors (Lipinski definition) is 0. The maximum atomic E-state index is 13.8. The van der Waals surface area contributed by atoms with Crippen molar-refractivity contribution in [3.8, 4) is 0 Å². The number of aliphatic imine (C=N–C) groups is 1. The third kappa shape index (κ3) is 7.70. The van der Waals surface area contributed by atoms with Gasteiger partial charge < -0.3 is 20.0 Å². The van der Waals surface area contributed by atoms with Crippen molar-refractivity contribution in [3.05, 3.63) is 107 Å². The van der Waals surface area contributed by atoms with Crippen LogP contribution in [0.4, 0.5) is 14.5 Å². The van der Waals surface area contributed by atoms with Crippen molar-refractivity contribution in [2.75, 3.05) is 6.54 Å². The summed E-state index contributed by atoms with van der Waals surface area (Å²) < 4.78 is 27.7. The minimum Gasteiger partial charge on any atom is -0.625 e. The molecule has 1 amide bonds. The summed E-state index contributed by atoms with van der Waals surface area (Å²) in [4.78, 5) is 32.6. The second-order valence-electron chi connectivity index (χ2n) is 10.9. The second kappa shape index (κ2) is 14.2. The van der Waals surface area contributed by atoms with Crippen LogP contribution in [0.3, 0.4) is 0 Å². The molecule has 3 aromatic carbocycles. The predicted molar refractivity (Wildman–Crippen MR) is 152 cm³/mol. The Hall–Kier alpha value is -3.42. The van der Waals surface area contributed by atoms with Crippen LogP contribution in [0.5, 0.6) is 0 Å². The maximum absolute atomic E-state index is 13.8. The summed E-state index contributed by atoms with van der Waals surface area (Å²) >= 11 is 0. The number of alkyl halides is 2. The molecular weight excluding hydrogens is 583 g/mol. The van der Waals surface area contributed by atoms with Gasteiger partial charge in [-0.3, -0.25) is 9.89 Å². The van der Waals surface area contributed by atoms with Crippen LogP contribution in [0, 0.1) is 5.92 Å². The van der Waals surface area contributed by atoms with Gasteiger partial charge in [-0.25, -0.2) is 8.78 Å². The molecule has 1 heterocycles. The van der Waals surface area contributed by atoms with E-state index < -0.39 is 23.9 Å². The smallest absolute Gasteiger partial charge is 0.625 e. The van der Waals surface area contributed by atoms with Gasteiger partial charge in [0, 0.05) is 24.9 Å². The Morgan fingerprint density at radius 1 is 0.929 bits per heavy atom. The number of nitrogens with zero attached hydrogens (tertiary/aromatic N) is 3. The number of aliphatic carboxylic acids is 1. The monoisotopic (exact) mass is 615 g/mol. The molecule has 1 saturated heterocycles. The molecule has 2 atom stereocenters. The van der Waals surface area contributed by atoms with E-state index in [1.54, 1.807) is 36.4 Å². The molecule has 2 fully saturated rings. The van der Waals surface area contributed by atoms with Crippen LogP contribution in [0.25, 0.3) is 5.32 Å². The van der Waals surface area contributed by atoms with E-state index in [0.29, 0.717) is 35.5 Å². The molecule has 0 unspecified atom stereocenters. The van der Waals surface area contributed by atoms with E-state index in [4.69, 9.17) is 0 Å². The number of carboxylic acids is 1. The summed E-state index contributed by atoms with van der Waals surface area (Å²) in [5, 5.41) is 16.8. The van der Waals surface area contributed by atoms with Gasteiger partial charge in [-0.15, -0.1) is 5.69 Å². The van der Waals surface area contributed by atoms with Crippen molar-refractivity contribution in [1.29, 1.82) is 0 Å². The van der Waals surface area contributed by atoms with Crippen molar-refractivity contribution >= 4 is 23.3 Å². The van der Waals surface area contributed by atoms with E-state index in [1.165, 1.54) is 0 Å². The molecule has 1 saturated carbocycles. The van der Waals surface area contributed by atoms with E-state index in [0.717, 1.165) is 18.5 Å². The number of halogens is 2. The predicted octanol–water partition coefficient (Wildman–Crippen LogP) is 5.66. The van der Waals surface area contributed by atoms with E-state index >= 15 is 0 Å². The number of para-hydroxylation sites is 1. The standard InChI is InChI=1S/C33H35F2N3O3.Ni/c34-33(35)19-17-25(18-20-33)30(32(40)41)37-29(24-12-5-2-6-13-24)26-14-7-8-15-27(26)36-31(39)28-16-9-21-38(28)22-23-10-3-1-4-11-23;/h1-8,10-15,25,28,30H,9,16-22H2,(H2,36,37,39,40,41);/q;+2/p-2/t28-,30-;/m0./s1. The Bertz CT molecular complexity index is 1380. The van der Waals surface area contributed by atoms with Crippen molar-refractivity contribution in [3.63, 3.8) is 0 Å². The molecule has 5 rings (SSSR count). The number of rotatable bonds is 9. The van der Waals surface area contributed by atoms with Gasteiger partial charge in [0.1, 0.15) is 0 Å². The summed E-state index contributed by atoms with van der Waals surface area (Å²) in [7, 11) is 0. The SMILES string of the molecule is O=C([O-])[C@@H](/N=C(\c1ccccc1)c1ccccc1[N-]C(=O)[C@@H]1CCCN1Cc1ccccc1)C1CCC(F)(F)CC1.[Ni+2]. The fraction of sp³-hybridized carbons (Fsp3) is 0.364. The van der Waals surface area contributed by atoms with Crippen molar-refractivity contribution in [1.82, 2.24) is 4.90 Å². The van der Waals surface area contributed by atoms with Crippen LogP contribution in [0.2, 0.25) is 0 Å². The van der Waals surface area contributed by atoms with E-state index in [-0.39, 0.29) is 54.1 Å². The molecular formula is C33H33F2N3NiO3. The van der Waals surface area contributed by atoms with E-state index in [9.17, 15) is 23.5 Å². The molecule has 0 N–H and O–H groups in total. The topological polar surface area (TPSA) is 86.9 Å². The average molecular weight is 616 g/mol. The van der Waals surface area contributed by atoms with E-state index in [1.807, 2.05) is 48.5 Å². The maximum Gasteiger partial charge on any atom is 2.00 e. The zero-order chi connectivity index (χ0) is 28.8. The number of benzene rings is 3. The van der Waals surface area contributed by atoms with Gasteiger partial charge in [0.15, 0.2) is 0 Å². The Morgan fingerprint density at radius 2 is 1.55 bits per heavy atom. The number of carbonyl (C=O) groups excluding carboxylic acids is 2. The van der Waals surface area contributed by atoms with Crippen LogP contribution < -0.4 is 5.11 Å². The van der Waals surface area contributed by atoms with Crippen LogP contribution in [0.1, 0.15) is 55.2 Å². The van der Waals surface area contributed by atoms with Crippen LogP contribution in [0.15, 0.2) is 89.9 Å². The minimum absolute atomic E-state index is 0. The fourth-order valence-electron chi connectivity index (χ4n) is 5.84. The largest absolute Gasteiger partial charge is 2.00 e. The molecule has 222 valence electrons. The van der Waals surface area contributed by atoms with Gasteiger partial charge >= 0.3 is 16.5 Å². The normalized spacial score (nSPS) is 20.0. The molecule has 6 nitrogen and oxygen atoms in total. The van der Waals surface area contributed by atoms with Gasteiger partial charge in [0.05, 0.1) is 29.7 Å². The molecule has 0 aromatic heterocycles. The molecule has 3 aromatic rings. The minimum atomic E-state index is -2.79. The van der Waals surface area contributed by atoms with Gasteiger partial charge in [0.2, 0.25) is 5.92 Å². The molecule has 42 heavy (non-hydrogen) atoms. The Morgan fingerprint density at radius 3 is 2.21 bits per heavy atom. The first-order valence-corrected chi connectivity index (χ1v) is 14.2. The first-order valence-electron chi connectivity index (χ1n) is 14.2. The number of carboxylic acid groups (broad SMARTS) is 1. The zero-order valence-electron chi connectivity index (χ0n) is 23.1. The second-order valence-corrected chi connectivity index (χ2v) is 10.9. The first-order chi connectivity index (χ1) is 19.8. The number of amides is 1. The molecule has 2 aliphatic rings. The molecule has 1 aliphatic heterocycles. The van der Waals surface area contributed by atoms with Crippen LogP contribution in [-0.4, -0.2) is 47.0 Å². The summed E-state index contributed by atoms with van der Waals surface area (Å²) in [6, 6.07) is 24.4. The number of likely N-dealkylation sites (tertiary alicyclic amines) is 1. The number of hydrogen-bond acceptors (Lipinski definition) is 5.